The Morgan fingerprint density at radius 1 is 1.45 bits per heavy atom. The Kier molecular flexibility index (Phi) is 2.22. The predicted molar refractivity (Wildman–Crippen MR) is 49.0 cm³/mol. The highest BCUT2D eigenvalue weighted by Crippen LogP contribution is 2.19. The van der Waals surface area contributed by atoms with Crippen molar-refractivity contribution in [3.63, 3.8) is 0 Å². The van der Waals surface area contributed by atoms with Crippen molar-refractivity contribution in [3.05, 3.63) is 18.0 Å². The van der Waals surface area contributed by atoms with Crippen LogP contribution in [0.3, 0.4) is 0 Å². The highest BCUT2D eigenvalue weighted by atomic mass is 15.0. The lowest BCUT2D eigenvalue weighted by Crippen LogP contribution is -1.95. The van der Waals surface area contributed by atoms with E-state index in [4.69, 9.17) is 0 Å². The van der Waals surface area contributed by atoms with E-state index in [1.54, 1.807) is 0 Å². The summed E-state index contributed by atoms with van der Waals surface area (Å²) in [5.41, 5.74) is 2.56. The molecule has 0 spiro atoms. The molecule has 0 saturated carbocycles. The van der Waals surface area contributed by atoms with E-state index in [2.05, 4.69) is 43.0 Å². The fraction of sp³-hybridized carbons (Fsp3) is 0.556. The van der Waals surface area contributed by atoms with Crippen LogP contribution in [-0.4, -0.2) is 11.6 Å². The molecular formula is C9H16N2. The zero-order valence-corrected chi connectivity index (χ0v) is 7.68. The van der Waals surface area contributed by atoms with Gasteiger partial charge in [0, 0.05) is 26.0 Å². The second kappa shape index (κ2) is 2.99. The molecule has 2 nitrogen and oxygen atoms in total. The number of aryl methyl sites for hydroxylation is 1. The molecule has 2 heteroatoms. The van der Waals surface area contributed by atoms with Crippen LogP contribution in [0.15, 0.2) is 12.3 Å². The quantitative estimate of drug-likeness (QED) is 0.687. The molecule has 1 aromatic rings. The molecule has 62 valence electrons. The molecule has 0 aliphatic carbocycles. The van der Waals surface area contributed by atoms with Crippen LogP contribution >= 0.6 is 0 Å². The minimum absolute atomic E-state index is 0.599. The molecule has 0 fully saturated rings. The lowest BCUT2D eigenvalue weighted by Gasteiger charge is -2.04. The molecule has 11 heavy (non-hydrogen) atoms. The summed E-state index contributed by atoms with van der Waals surface area (Å²) in [5.74, 6) is 0.599. The van der Waals surface area contributed by atoms with Crippen LogP contribution in [0.5, 0.6) is 0 Å². The Hall–Kier alpha value is -0.920. The van der Waals surface area contributed by atoms with Crippen molar-refractivity contribution < 1.29 is 0 Å². The smallest absolute Gasteiger partial charge is 0.0520 e. The summed E-state index contributed by atoms with van der Waals surface area (Å²) in [7, 11) is 4.02. The monoisotopic (exact) mass is 152 g/mol. The molecule has 0 atom stereocenters. The molecule has 0 bridgehead atoms. The van der Waals surface area contributed by atoms with Crippen molar-refractivity contribution in [2.24, 2.45) is 7.05 Å². The first-order valence-corrected chi connectivity index (χ1v) is 3.99. The van der Waals surface area contributed by atoms with Crippen molar-refractivity contribution in [2.75, 3.05) is 12.4 Å². The molecule has 1 N–H and O–H groups in total. The Morgan fingerprint density at radius 3 is 2.36 bits per heavy atom. The van der Waals surface area contributed by atoms with E-state index in [-0.39, 0.29) is 0 Å². The molecule has 0 aromatic carbocycles. The number of nitrogens with one attached hydrogen (secondary N) is 1. The van der Waals surface area contributed by atoms with Gasteiger partial charge in [-0.3, -0.25) is 0 Å². The molecule has 0 saturated heterocycles. The van der Waals surface area contributed by atoms with Gasteiger partial charge in [0.2, 0.25) is 0 Å². The molecule has 1 aromatic heterocycles. The van der Waals surface area contributed by atoms with Gasteiger partial charge in [0.15, 0.2) is 0 Å². The van der Waals surface area contributed by atoms with Crippen molar-refractivity contribution in [3.8, 4) is 0 Å². The standard InChI is InChI=1S/C9H16N2/c1-7(2)9-5-8(10-3)6-11(9)4/h5-7,10H,1-4H3. The Balaban J connectivity index is 2.97. The van der Waals surface area contributed by atoms with Crippen LogP contribution < -0.4 is 5.32 Å². The van der Waals surface area contributed by atoms with E-state index < -0.39 is 0 Å². The lowest BCUT2D eigenvalue weighted by molar-refractivity contribution is 0.741. The van der Waals surface area contributed by atoms with Crippen LogP contribution in [-0.2, 0) is 7.05 Å². The summed E-state index contributed by atoms with van der Waals surface area (Å²) in [4.78, 5) is 0. The second-order valence-electron chi connectivity index (χ2n) is 3.17. The van der Waals surface area contributed by atoms with E-state index in [0.717, 1.165) is 0 Å². The number of anilines is 1. The van der Waals surface area contributed by atoms with Gasteiger partial charge < -0.3 is 9.88 Å². The fourth-order valence-corrected chi connectivity index (χ4v) is 1.29. The molecule has 0 aliphatic rings. The first-order chi connectivity index (χ1) is 5.15. The first kappa shape index (κ1) is 8.18. The average Bonchev–Trinajstić information content (AvgIpc) is 2.30. The van der Waals surface area contributed by atoms with Gasteiger partial charge in [0.05, 0.1) is 5.69 Å². The Bertz CT molecular complexity index is 236. The summed E-state index contributed by atoms with van der Waals surface area (Å²) in [5, 5.41) is 3.12. The van der Waals surface area contributed by atoms with Crippen LogP contribution in [0.4, 0.5) is 5.69 Å². The third-order valence-electron chi connectivity index (χ3n) is 1.92. The first-order valence-electron chi connectivity index (χ1n) is 3.99. The van der Waals surface area contributed by atoms with Gasteiger partial charge in [-0.15, -0.1) is 0 Å². The molecule has 0 unspecified atom stereocenters. The maximum Gasteiger partial charge on any atom is 0.0520 e. The number of rotatable bonds is 2. The van der Waals surface area contributed by atoms with Crippen LogP contribution in [0, 0.1) is 0 Å². The van der Waals surface area contributed by atoms with Gasteiger partial charge in [0.25, 0.3) is 0 Å². The highest BCUT2D eigenvalue weighted by molar-refractivity contribution is 5.44. The lowest BCUT2D eigenvalue weighted by atomic mass is 10.1. The van der Waals surface area contributed by atoms with Gasteiger partial charge in [-0.05, 0) is 12.0 Å². The largest absolute Gasteiger partial charge is 0.387 e. The normalized spacial score (nSPS) is 10.6. The van der Waals surface area contributed by atoms with Crippen LogP contribution in [0.2, 0.25) is 0 Å². The SMILES string of the molecule is CNc1cc(C(C)C)n(C)c1. The van der Waals surface area contributed by atoms with Gasteiger partial charge >= 0.3 is 0 Å². The topological polar surface area (TPSA) is 17.0 Å². The third kappa shape index (κ3) is 1.56. The van der Waals surface area contributed by atoms with Crippen LogP contribution in [0.25, 0.3) is 0 Å². The Morgan fingerprint density at radius 2 is 2.09 bits per heavy atom. The van der Waals surface area contributed by atoms with Crippen molar-refractivity contribution >= 4 is 5.69 Å². The average molecular weight is 152 g/mol. The van der Waals surface area contributed by atoms with Gasteiger partial charge in [0.1, 0.15) is 0 Å². The van der Waals surface area contributed by atoms with Crippen molar-refractivity contribution in [1.82, 2.24) is 4.57 Å². The van der Waals surface area contributed by atoms with Crippen LogP contribution in [0.1, 0.15) is 25.5 Å². The highest BCUT2D eigenvalue weighted by Gasteiger charge is 2.04. The van der Waals surface area contributed by atoms with E-state index in [1.807, 2.05) is 7.05 Å². The molecule has 0 aliphatic heterocycles. The zero-order valence-electron chi connectivity index (χ0n) is 7.68. The molecule has 1 heterocycles. The van der Waals surface area contributed by atoms with Crippen molar-refractivity contribution in [2.45, 2.75) is 19.8 Å². The molecule has 0 radical (unpaired) electrons. The minimum Gasteiger partial charge on any atom is -0.387 e. The summed E-state index contributed by atoms with van der Waals surface area (Å²) >= 11 is 0. The predicted octanol–water partition coefficient (Wildman–Crippen LogP) is 2.19. The molecular weight excluding hydrogens is 136 g/mol. The van der Waals surface area contributed by atoms with Crippen molar-refractivity contribution in [1.29, 1.82) is 0 Å². The summed E-state index contributed by atoms with van der Waals surface area (Å²) < 4.78 is 2.16. The number of hydrogen-bond acceptors (Lipinski definition) is 1. The summed E-state index contributed by atoms with van der Waals surface area (Å²) in [6, 6.07) is 2.19. The van der Waals surface area contributed by atoms with Gasteiger partial charge in [-0.2, -0.15) is 0 Å². The summed E-state index contributed by atoms with van der Waals surface area (Å²) in [6.45, 7) is 4.41. The van der Waals surface area contributed by atoms with E-state index in [1.165, 1.54) is 11.4 Å². The third-order valence-corrected chi connectivity index (χ3v) is 1.92. The minimum atomic E-state index is 0.599. The maximum absolute atomic E-state index is 3.12. The van der Waals surface area contributed by atoms with E-state index >= 15 is 0 Å². The van der Waals surface area contributed by atoms with Gasteiger partial charge in [-0.25, -0.2) is 0 Å². The number of hydrogen-bond donors (Lipinski definition) is 1. The Labute approximate surface area is 68.2 Å². The fourth-order valence-electron chi connectivity index (χ4n) is 1.29. The number of nitrogens with zero attached hydrogens (tertiary/aromatic N) is 1. The maximum atomic E-state index is 3.12. The summed E-state index contributed by atoms with van der Waals surface area (Å²) in [6.07, 6.45) is 2.11. The number of aromatic nitrogens is 1. The van der Waals surface area contributed by atoms with E-state index in [9.17, 15) is 0 Å². The van der Waals surface area contributed by atoms with E-state index in [0.29, 0.717) is 5.92 Å². The van der Waals surface area contributed by atoms with Gasteiger partial charge in [-0.1, -0.05) is 13.8 Å². The second-order valence-corrected chi connectivity index (χ2v) is 3.17. The molecule has 1 rings (SSSR count). The zero-order chi connectivity index (χ0) is 8.43. The molecule has 0 amide bonds.